The number of ether oxygens (including phenoxy) is 1. The van der Waals surface area contributed by atoms with Gasteiger partial charge in [0, 0.05) is 31.7 Å². The van der Waals surface area contributed by atoms with E-state index in [9.17, 15) is 24.6 Å². The number of hydrogen-bond acceptors (Lipinski definition) is 9. The minimum Gasteiger partial charge on any atom is -0.488 e. The second-order valence-corrected chi connectivity index (χ2v) is 12.5. The number of carboxylic acids is 1. The van der Waals surface area contributed by atoms with Crippen molar-refractivity contribution >= 4 is 75.6 Å². The SMILES string of the molecule is O=C(Cc1cccs1)NC1C(=O)N2C(C(=O)O)C(COc3ccc(Cl)cc3C3=NC(O)c4cc(Cl)ccc4N3)=CSC12. The number of anilines is 1. The lowest BCUT2D eigenvalue weighted by atomic mass is 9.98. The van der Waals surface area contributed by atoms with Crippen LogP contribution in [0.5, 0.6) is 5.75 Å². The van der Waals surface area contributed by atoms with Crippen molar-refractivity contribution in [2.24, 2.45) is 4.99 Å². The molecule has 4 heterocycles. The Balaban J connectivity index is 1.18. The van der Waals surface area contributed by atoms with Gasteiger partial charge in [0.2, 0.25) is 11.8 Å². The third-order valence-corrected chi connectivity index (χ3v) is 9.48. The third kappa shape index (κ3) is 5.48. The van der Waals surface area contributed by atoms with Gasteiger partial charge in [-0.2, -0.15) is 0 Å². The van der Waals surface area contributed by atoms with Crippen molar-refractivity contribution in [2.45, 2.75) is 30.1 Å². The number of aliphatic hydroxyl groups is 1. The molecule has 14 heteroatoms. The van der Waals surface area contributed by atoms with E-state index in [1.807, 2.05) is 17.5 Å². The molecule has 1 fully saturated rings. The van der Waals surface area contributed by atoms with Crippen LogP contribution in [0.3, 0.4) is 0 Å². The fourth-order valence-electron chi connectivity index (χ4n) is 4.95. The molecule has 0 aliphatic carbocycles. The van der Waals surface area contributed by atoms with Crippen molar-refractivity contribution < 1.29 is 29.3 Å². The fourth-order valence-corrected chi connectivity index (χ4v) is 7.21. The van der Waals surface area contributed by atoms with Gasteiger partial charge in [0.25, 0.3) is 0 Å². The highest BCUT2D eigenvalue weighted by Gasteiger charge is 2.56. The van der Waals surface area contributed by atoms with Gasteiger partial charge in [-0.25, -0.2) is 9.79 Å². The Hall–Kier alpha value is -3.55. The quantitative estimate of drug-likeness (QED) is 0.266. The summed E-state index contributed by atoms with van der Waals surface area (Å²) in [6, 6.07) is 11.5. The van der Waals surface area contributed by atoms with Crippen molar-refractivity contribution in [2.75, 3.05) is 11.9 Å². The number of aliphatic imine (C=N–C) groups is 1. The number of fused-ring (bicyclic) bond motifs is 2. The molecular weight excluding hydrogens is 623 g/mol. The molecule has 3 aromatic rings. The average molecular weight is 646 g/mol. The van der Waals surface area contributed by atoms with E-state index < -0.39 is 35.6 Å². The number of halogens is 2. The van der Waals surface area contributed by atoms with Crippen LogP contribution in [-0.4, -0.2) is 62.8 Å². The van der Waals surface area contributed by atoms with Gasteiger partial charge in [-0.1, -0.05) is 29.3 Å². The van der Waals surface area contributed by atoms with Gasteiger partial charge >= 0.3 is 5.97 Å². The van der Waals surface area contributed by atoms with Crippen molar-refractivity contribution in [3.8, 4) is 5.75 Å². The van der Waals surface area contributed by atoms with Crippen LogP contribution in [0, 0.1) is 0 Å². The summed E-state index contributed by atoms with van der Waals surface area (Å²) in [5, 5.41) is 30.4. The highest BCUT2D eigenvalue weighted by atomic mass is 35.5. The van der Waals surface area contributed by atoms with Crippen molar-refractivity contribution in [1.29, 1.82) is 0 Å². The number of amidine groups is 1. The summed E-state index contributed by atoms with van der Waals surface area (Å²) in [5.74, 6) is -1.34. The Morgan fingerprint density at radius 2 is 1.93 bits per heavy atom. The van der Waals surface area contributed by atoms with Crippen LogP contribution in [0.1, 0.15) is 22.2 Å². The molecule has 1 aromatic heterocycles. The molecule has 4 N–H and O–H groups in total. The van der Waals surface area contributed by atoms with Crippen LogP contribution in [0.4, 0.5) is 5.69 Å². The zero-order valence-electron chi connectivity index (χ0n) is 21.5. The summed E-state index contributed by atoms with van der Waals surface area (Å²) < 4.78 is 6.07. The summed E-state index contributed by atoms with van der Waals surface area (Å²) in [6.45, 7) is -0.146. The number of aliphatic carboxylic acids is 1. The number of nitrogens with zero attached hydrogens (tertiary/aromatic N) is 2. The van der Waals surface area contributed by atoms with Crippen molar-refractivity contribution in [1.82, 2.24) is 10.2 Å². The van der Waals surface area contributed by atoms with Crippen molar-refractivity contribution in [3.05, 3.63) is 90.9 Å². The average Bonchev–Trinajstić information content (AvgIpc) is 3.47. The van der Waals surface area contributed by atoms with E-state index in [0.717, 1.165) is 4.88 Å². The van der Waals surface area contributed by atoms with E-state index in [0.29, 0.717) is 44.0 Å². The van der Waals surface area contributed by atoms with E-state index >= 15 is 0 Å². The molecule has 216 valence electrons. The number of carbonyl (C=O) groups excluding carboxylic acids is 2. The second kappa shape index (κ2) is 11.6. The number of benzene rings is 2. The van der Waals surface area contributed by atoms with Crippen LogP contribution in [-0.2, 0) is 20.8 Å². The number of thiophene rings is 1. The maximum Gasteiger partial charge on any atom is 0.330 e. The zero-order chi connectivity index (χ0) is 29.5. The number of carboxylic acid groups (broad SMARTS) is 1. The van der Waals surface area contributed by atoms with E-state index in [1.54, 1.807) is 41.8 Å². The molecule has 0 saturated carbocycles. The minimum absolute atomic E-state index is 0.146. The minimum atomic E-state index is -1.26. The number of thioether (sulfide) groups is 1. The van der Waals surface area contributed by atoms with Gasteiger partial charge in [-0.3, -0.25) is 9.59 Å². The van der Waals surface area contributed by atoms with Gasteiger partial charge < -0.3 is 30.5 Å². The lowest BCUT2D eigenvalue weighted by Gasteiger charge is -2.51. The number of carbonyl (C=O) groups is 3. The largest absolute Gasteiger partial charge is 0.488 e. The molecule has 6 rings (SSSR count). The monoisotopic (exact) mass is 644 g/mol. The normalized spacial score (nSPS) is 22.5. The summed E-state index contributed by atoms with van der Waals surface area (Å²) in [5.41, 5.74) is 1.93. The van der Waals surface area contributed by atoms with Crippen molar-refractivity contribution in [3.63, 3.8) is 0 Å². The van der Waals surface area contributed by atoms with Crippen LogP contribution >= 0.6 is 46.3 Å². The van der Waals surface area contributed by atoms with E-state index in [4.69, 9.17) is 27.9 Å². The number of β-lactam (4-membered cyclic amide) rings is 1. The number of aliphatic hydroxyl groups excluding tert-OH is 1. The van der Waals surface area contributed by atoms with Gasteiger partial charge in [-0.05, 0) is 53.3 Å². The molecule has 0 bridgehead atoms. The number of amides is 2. The molecule has 3 aliphatic rings. The standard InChI is InChI=1S/C28H22Cl2N4O6S2/c29-14-3-5-19-17(8-14)25(36)33-24(31-19)18-9-15(30)4-6-20(18)40-11-13-12-42-27-22(26(37)34(27)23(13)28(38)39)32-21(35)10-16-2-1-7-41-16/h1-9,12,22-23,25,27,36H,10-11H2,(H,31,33)(H,32,35)(H,38,39). The maximum atomic E-state index is 13.0. The molecule has 2 amide bonds. The maximum absolute atomic E-state index is 13.0. The molecule has 2 aromatic carbocycles. The molecule has 0 radical (unpaired) electrons. The lowest BCUT2D eigenvalue weighted by molar-refractivity contribution is -0.160. The van der Waals surface area contributed by atoms with Crippen LogP contribution in [0.25, 0.3) is 0 Å². The molecule has 0 spiro atoms. The van der Waals surface area contributed by atoms with E-state index in [1.165, 1.54) is 28.0 Å². The smallest absolute Gasteiger partial charge is 0.330 e. The Morgan fingerprint density at radius 1 is 1.14 bits per heavy atom. The summed E-state index contributed by atoms with van der Waals surface area (Å²) in [4.78, 5) is 44.3. The van der Waals surface area contributed by atoms with Gasteiger partial charge in [0.05, 0.1) is 12.0 Å². The fraction of sp³-hybridized carbons (Fsp3) is 0.214. The van der Waals surface area contributed by atoms with Gasteiger partial charge in [-0.15, -0.1) is 23.1 Å². The highest BCUT2D eigenvalue weighted by molar-refractivity contribution is 8.03. The first kappa shape index (κ1) is 28.6. The summed E-state index contributed by atoms with van der Waals surface area (Å²) in [6.07, 6.45) is -1.03. The number of hydrogen-bond donors (Lipinski definition) is 4. The first-order valence-electron chi connectivity index (χ1n) is 12.7. The summed E-state index contributed by atoms with van der Waals surface area (Å²) in [7, 11) is 0. The topological polar surface area (TPSA) is 141 Å². The molecule has 42 heavy (non-hydrogen) atoms. The molecule has 4 atom stereocenters. The van der Waals surface area contributed by atoms with Crippen LogP contribution in [0.15, 0.2) is 69.9 Å². The Labute approximate surface area is 258 Å². The van der Waals surface area contributed by atoms with E-state index in [-0.39, 0.29) is 18.9 Å². The molecule has 3 aliphatic heterocycles. The zero-order valence-corrected chi connectivity index (χ0v) is 24.6. The Bertz CT molecular complexity index is 1650. The Morgan fingerprint density at radius 3 is 2.69 bits per heavy atom. The predicted molar refractivity (Wildman–Crippen MR) is 161 cm³/mol. The van der Waals surface area contributed by atoms with E-state index in [2.05, 4.69) is 15.6 Å². The molecular formula is C28H22Cl2N4O6S2. The van der Waals surface area contributed by atoms with Crippen LogP contribution < -0.4 is 15.4 Å². The Kier molecular flexibility index (Phi) is 7.90. The second-order valence-electron chi connectivity index (χ2n) is 9.64. The number of rotatable bonds is 8. The first-order chi connectivity index (χ1) is 20.2. The molecule has 4 unspecified atom stereocenters. The lowest BCUT2D eigenvalue weighted by Crippen LogP contribution is -2.74. The van der Waals surface area contributed by atoms with Crippen LogP contribution in [0.2, 0.25) is 10.0 Å². The van der Waals surface area contributed by atoms with Gasteiger partial charge in [0.1, 0.15) is 29.6 Å². The first-order valence-corrected chi connectivity index (χ1v) is 15.2. The molecule has 10 nitrogen and oxygen atoms in total. The summed E-state index contributed by atoms with van der Waals surface area (Å²) >= 11 is 15.0. The number of nitrogens with one attached hydrogen (secondary N) is 2. The predicted octanol–water partition coefficient (Wildman–Crippen LogP) is 4.28. The van der Waals surface area contributed by atoms with Gasteiger partial charge in [0.15, 0.2) is 12.3 Å². The molecule has 1 saturated heterocycles. The highest BCUT2D eigenvalue weighted by Crippen LogP contribution is 2.41. The third-order valence-electron chi connectivity index (χ3n) is 6.92.